The first-order valence-corrected chi connectivity index (χ1v) is 7.44. The predicted molar refractivity (Wildman–Crippen MR) is 83.1 cm³/mol. The van der Waals surface area contributed by atoms with Crippen molar-refractivity contribution in [2.45, 2.75) is 13.0 Å². The van der Waals surface area contributed by atoms with Crippen LogP contribution in [-0.2, 0) is 0 Å². The van der Waals surface area contributed by atoms with E-state index in [0.717, 1.165) is 15.8 Å². The molecule has 0 fully saturated rings. The molecule has 102 valence electrons. The molecule has 3 aromatic rings. The average molecular weight is 307 g/mol. The van der Waals surface area contributed by atoms with E-state index in [2.05, 4.69) is 16.4 Å². The molecular weight excluding hydrogens is 295 g/mol. The van der Waals surface area contributed by atoms with Crippen LogP contribution >= 0.6 is 22.9 Å². The lowest BCUT2D eigenvalue weighted by Crippen LogP contribution is -2.08. The highest BCUT2D eigenvalue weighted by Crippen LogP contribution is 2.30. The SMILES string of the molecule is CC(Nc1c(F)cccc1Cl)c1cnc2ccsc2c1. The molecule has 1 N–H and O–H groups in total. The molecule has 0 aliphatic rings. The van der Waals surface area contributed by atoms with Gasteiger partial charge in [0.15, 0.2) is 0 Å². The normalized spacial score (nSPS) is 12.6. The van der Waals surface area contributed by atoms with Crippen LogP contribution in [0.3, 0.4) is 0 Å². The Morgan fingerprint density at radius 3 is 3.00 bits per heavy atom. The Kier molecular flexibility index (Phi) is 3.59. The lowest BCUT2D eigenvalue weighted by atomic mass is 10.1. The molecule has 0 bridgehead atoms. The molecule has 0 amide bonds. The van der Waals surface area contributed by atoms with Crippen molar-refractivity contribution in [2.75, 3.05) is 5.32 Å². The van der Waals surface area contributed by atoms with Gasteiger partial charge in [0.2, 0.25) is 0 Å². The summed E-state index contributed by atoms with van der Waals surface area (Å²) in [5.41, 5.74) is 2.31. The molecule has 1 aromatic carbocycles. The van der Waals surface area contributed by atoms with E-state index in [9.17, 15) is 4.39 Å². The summed E-state index contributed by atoms with van der Waals surface area (Å²) in [6.07, 6.45) is 1.81. The Bertz CT molecular complexity index is 736. The Hall–Kier alpha value is -1.65. The highest BCUT2D eigenvalue weighted by atomic mass is 35.5. The number of rotatable bonds is 3. The molecule has 20 heavy (non-hydrogen) atoms. The van der Waals surface area contributed by atoms with Gasteiger partial charge in [-0.1, -0.05) is 17.7 Å². The minimum atomic E-state index is -0.352. The molecule has 2 aromatic heterocycles. The van der Waals surface area contributed by atoms with Gasteiger partial charge in [-0.3, -0.25) is 4.98 Å². The van der Waals surface area contributed by atoms with Gasteiger partial charge >= 0.3 is 0 Å². The maximum Gasteiger partial charge on any atom is 0.147 e. The van der Waals surface area contributed by atoms with E-state index in [-0.39, 0.29) is 11.9 Å². The Balaban J connectivity index is 1.90. The Morgan fingerprint density at radius 1 is 1.35 bits per heavy atom. The summed E-state index contributed by atoms with van der Waals surface area (Å²) in [7, 11) is 0. The molecular formula is C15H12ClFN2S. The lowest BCUT2D eigenvalue weighted by molar-refractivity contribution is 0.627. The molecule has 1 unspecified atom stereocenters. The van der Waals surface area contributed by atoms with Gasteiger partial charge in [0.1, 0.15) is 5.82 Å². The summed E-state index contributed by atoms with van der Waals surface area (Å²) < 4.78 is 14.9. The van der Waals surface area contributed by atoms with Crippen molar-refractivity contribution in [2.24, 2.45) is 0 Å². The topological polar surface area (TPSA) is 24.9 Å². The zero-order valence-corrected chi connectivity index (χ0v) is 12.3. The fraction of sp³-hybridized carbons (Fsp3) is 0.133. The molecule has 0 radical (unpaired) electrons. The summed E-state index contributed by atoms with van der Waals surface area (Å²) in [5, 5.41) is 5.49. The number of hydrogen-bond donors (Lipinski definition) is 1. The average Bonchev–Trinajstić information content (AvgIpc) is 2.90. The van der Waals surface area contributed by atoms with Gasteiger partial charge in [0, 0.05) is 6.20 Å². The first kappa shape index (κ1) is 13.3. The summed E-state index contributed by atoms with van der Waals surface area (Å²) in [4.78, 5) is 4.39. The largest absolute Gasteiger partial charge is 0.375 e. The fourth-order valence-corrected chi connectivity index (χ4v) is 3.04. The maximum absolute atomic E-state index is 13.8. The number of anilines is 1. The molecule has 3 rings (SSSR count). The van der Waals surface area contributed by atoms with E-state index in [1.807, 2.05) is 24.6 Å². The zero-order valence-electron chi connectivity index (χ0n) is 10.7. The van der Waals surface area contributed by atoms with Crippen LogP contribution in [0, 0.1) is 5.82 Å². The summed E-state index contributed by atoms with van der Waals surface area (Å²) in [5.74, 6) is -0.352. The van der Waals surface area contributed by atoms with Crippen molar-refractivity contribution in [3.8, 4) is 0 Å². The van der Waals surface area contributed by atoms with Crippen molar-refractivity contribution in [1.82, 2.24) is 4.98 Å². The highest BCUT2D eigenvalue weighted by Gasteiger charge is 2.12. The van der Waals surface area contributed by atoms with Gasteiger partial charge < -0.3 is 5.32 Å². The number of aromatic nitrogens is 1. The second-order valence-electron chi connectivity index (χ2n) is 4.54. The van der Waals surface area contributed by atoms with Crippen molar-refractivity contribution < 1.29 is 4.39 Å². The third kappa shape index (κ3) is 2.49. The van der Waals surface area contributed by atoms with E-state index in [0.29, 0.717) is 10.7 Å². The summed E-state index contributed by atoms with van der Waals surface area (Å²) in [6.45, 7) is 1.96. The maximum atomic E-state index is 13.8. The van der Waals surface area contributed by atoms with E-state index in [1.165, 1.54) is 6.07 Å². The number of benzene rings is 1. The van der Waals surface area contributed by atoms with Crippen molar-refractivity contribution in [3.63, 3.8) is 0 Å². The Labute approximate surface area is 125 Å². The molecule has 1 atom stereocenters. The van der Waals surface area contributed by atoms with Gasteiger partial charge in [-0.25, -0.2) is 4.39 Å². The number of pyridine rings is 1. The van der Waals surface area contributed by atoms with Gasteiger partial charge in [-0.05, 0) is 42.1 Å². The Morgan fingerprint density at radius 2 is 2.20 bits per heavy atom. The summed E-state index contributed by atoms with van der Waals surface area (Å²) >= 11 is 7.66. The van der Waals surface area contributed by atoms with Crippen molar-refractivity contribution in [3.05, 3.63) is 58.3 Å². The van der Waals surface area contributed by atoms with E-state index in [1.54, 1.807) is 23.5 Å². The van der Waals surface area contributed by atoms with Gasteiger partial charge in [0.05, 0.1) is 27.0 Å². The number of hydrogen-bond acceptors (Lipinski definition) is 3. The van der Waals surface area contributed by atoms with Crippen LogP contribution in [0.2, 0.25) is 5.02 Å². The molecule has 0 saturated heterocycles. The molecule has 2 nitrogen and oxygen atoms in total. The lowest BCUT2D eigenvalue weighted by Gasteiger charge is -2.17. The predicted octanol–water partition coefficient (Wildman–Crippen LogP) is 5.26. The fourth-order valence-electron chi connectivity index (χ4n) is 2.03. The van der Waals surface area contributed by atoms with Crippen molar-refractivity contribution in [1.29, 1.82) is 0 Å². The zero-order chi connectivity index (χ0) is 14.1. The van der Waals surface area contributed by atoms with Crippen LogP contribution in [0.15, 0.2) is 41.9 Å². The minimum absolute atomic E-state index is 0.0802. The van der Waals surface area contributed by atoms with Crippen LogP contribution in [0.4, 0.5) is 10.1 Å². The second-order valence-corrected chi connectivity index (χ2v) is 5.89. The van der Waals surface area contributed by atoms with Crippen LogP contribution < -0.4 is 5.32 Å². The monoisotopic (exact) mass is 306 g/mol. The molecule has 0 saturated carbocycles. The first-order chi connectivity index (χ1) is 9.65. The van der Waals surface area contributed by atoms with E-state index < -0.39 is 0 Å². The standard InChI is InChI=1S/C15H12ClFN2S/c1-9(19-15-11(16)3-2-4-12(15)17)10-7-14-13(18-8-10)5-6-20-14/h2-9,19H,1H3. The third-order valence-electron chi connectivity index (χ3n) is 3.15. The number of nitrogens with zero attached hydrogens (tertiary/aromatic N) is 1. The number of para-hydroxylation sites is 1. The van der Waals surface area contributed by atoms with Gasteiger partial charge in [-0.15, -0.1) is 11.3 Å². The minimum Gasteiger partial charge on any atom is -0.375 e. The number of fused-ring (bicyclic) bond motifs is 1. The summed E-state index contributed by atoms with van der Waals surface area (Å²) in [6, 6.07) is 8.62. The third-order valence-corrected chi connectivity index (χ3v) is 4.32. The van der Waals surface area contributed by atoms with Crippen molar-refractivity contribution >= 4 is 38.8 Å². The number of nitrogens with one attached hydrogen (secondary N) is 1. The molecule has 0 spiro atoms. The smallest absolute Gasteiger partial charge is 0.147 e. The molecule has 5 heteroatoms. The van der Waals surface area contributed by atoms with E-state index in [4.69, 9.17) is 11.6 Å². The number of thiophene rings is 1. The molecule has 0 aliphatic heterocycles. The van der Waals surface area contributed by atoms with Gasteiger partial charge in [-0.2, -0.15) is 0 Å². The molecule has 2 heterocycles. The van der Waals surface area contributed by atoms with Gasteiger partial charge in [0.25, 0.3) is 0 Å². The van der Waals surface area contributed by atoms with Crippen LogP contribution in [0.25, 0.3) is 10.2 Å². The first-order valence-electron chi connectivity index (χ1n) is 6.19. The number of halogens is 2. The van der Waals surface area contributed by atoms with Crippen LogP contribution in [-0.4, -0.2) is 4.98 Å². The van der Waals surface area contributed by atoms with Crippen LogP contribution in [0.1, 0.15) is 18.5 Å². The second kappa shape index (κ2) is 5.38. The van der Waals surface area contributed by atoms with E-state index >= 15 is 0 Å². The quantitative estimate of drug-likeness (QED) is 0.713. The highest BCUT2D eigenvalue weighted by molar-refractivity contribution is 7.17. The molecule has 0 aliphatic carbocycles. The van der Waals surface area contributed by atoms with Crippen LogP contribution in [0.5, 0.6) is 0 Å².